The summed E-state index contributed by atoms with van der Waals surface area (Å²) in [7, 11) is 0. The molecule has 0 atom stereocenters. The number of para-hydroxylation sites is 1. The standard InChI is InChI=1S/C21H19F2NO5/c1-3-26-16-8-6-5-7-14(16)19-24-15(20(25)29-19)11-13-9-10-17(28-21(22)23)18(12-13)27-4-2/h5-12,21H,3-4H2,1-2H3/b15-11-. The Hall–Kier alpha value is -3.42. The molecule has 0 aliphatic carbocycles. The van der Waals surface area contributed by atoms with Crippen LogP contribution in [0.3, 0.4) is 0 Å². The maximum Gasteiger partial charge on any atom is 0.387 e. The number of hydrogen-bond acceptors (Lipinski definition) is 6. The Morgan fingerprint density at radius 3 is 2.48 bits per heavy atom. The van der Waals surface area contributed by atoms with E-state index >= 15 is 0 Å². The lowest BCUT2D eigenvalue weighted by Crippen LogP contribution is -2.07. The van der Waals surface area contributed by atoms with Gasteiger partial charge in [-0.05, 0) is 49.8 Å². The minimum atomic E-state index is -2.97. The lowest BCUT2D eigenvalue weighted by molar-refractivity contribution is -0.129. The Balaban J connectivity index is 1.92. The fraction of sp³-hybridized carbons (Fsp3) is 0.238. The molecule has 1 aliphatic heterocycles. The molecule has 29 heavy (non-hydrogen) atoms. The molecule has 0 spiro atoms. The van der Waals surface area contributed by atoms with Gasteiger partial charge in [-0.1, -0.05) is 18.2 Å². The highest BCUT2D eigenvalue weighted by Crippen LogP contribution is 2.31. The number of cyclic esters (lactones) is 1. The van der Waals surface area contributed by atoms with Gasteiger partial charge in [0.25, 0.3) is 0 Å². The van der Waals surface area contributed by atoms with E-state index in [4.69, 9.17) is 14.2 Å². The van der Waals surface area contributed by atoms with E-state index in [1.807, 2.05) is 6.92 Å². The normalized spacial score (nSPS) is 14.7. The number of carbonyl (C=O) groups excluding carboxylic acids is 1. The summed E-state index contributed by atoms with van der Waals surface area (Å²) in [6.45, 7) is 1.31. The fourth-order valence-electron chi connectivity index (χ4n) is 2.68. The Morgan fingerprint density at radius 2 is 1.76 bits per heavy atom. The molecule has 2 aromatic carbocycles. The summed E-state index contributed by atoms with van der Waals surface area (Å²) in [6.07, 6.45) is 1.48. The molecule has 0 fully saturated rings. The van der Waals surface area contributed by atoms with Crippen molar-refractivity contribution in [2.24, 2.45) is 4.99 Å². The molecule has 1 heterocycles. The van der Waals surface area contributed by atoms with Crippen molar-refractivity contribution in [3.8, 4) is 17.2 Å². The van der Waals surface area contributed by atoms with Crippen molar-refractivity contribution < 1.29 is 32.5 Å². The Labute approximate surface area is 166 Å². The number of carbonyl (C=O) groups is 1. The fourth-order valence-corrected chi connectivity index (χ4v) is 2.68. The second-order valence-electron chi connectivity index (χ2n) is 5.78. The largest absolute Gasteiger partial charge is 0.493 e. The number of halogens is 2. The molecule has 8 heteroatoms. The van der Waals surface area contributed by atoms with Crippen LogP contribution in [-0.2, 0) is 9.53 Å². The second-order valence-corrected chi connectivity index (χ2v) is 5.78. The van der Waals surface area contributed by atoms with Crippen LogP contribution in [-0.4, -0.2) is 31.7 Å². The van der Waals surface area contributed by atoms with Crippen molar-refractivity contribution in [3.63, 3.8) is 0 Å². The van der Waals surface area contributed by atoms with Crippen LogP contribution in [0.15, 0.2) is 53.2 Å². The van der Waals surface area contributed by atoms with Crippen molar-refractivity contribution >= 4 is 17.9 Å². The number of esters is 1. The summed E-state index contributed by atoms with van der Waals surface area (Å²) in [5.74, 6) is 0.104. The molecule has 0 N–H and O–H groups in total. The quantitative estimate of drug-likeness (QED) is 0.482. The van der Waals surface area contributed by atoms with Crippen LogP contribution in [0.5, 0.6) is 17.2 Å². The van der Waals surface area contributed by atoms with Crippen LogP contribution in [0.25, 0.3) is 6.08 Å². The second kappa shape index (κ2) is 9.18. The van der Waals surface area contributed by atoms with Crippen molar-refractivity contribution in [3.05, 3.63) is 59.3 Å². The molecule has 0 radical (unpaired) electrons. The molecule has 0 aromatic heterocycles. The van der Waals surface area contributed by atoms with E-state index in [2.05, 4.69) is 9.73 Å². The molecule has 6 nitrogen and oxygen atoms in total. The molecule has 0 bridgehead atoms. The van der Waals surface area contributed by atoms with Crippen LogP contribution in [0.4, 0.5) is 8.78 Å². The lowest BCUT2D eigenvalue weighted by atomic mass is 10.1. The average Bonchev–Trinajstić information content (AvgIpc) is 3.05. The van der Waals surface area contributed by atoms with Gasteiger partial charge < -0.3 is 18.9 Å². The van der Waals surface area contributed by atoms with E-state index in [-0.39, 0.29) is 29.7 Å². The maximum atomic E-state index is 12.5. The van der Waals surface area contributed by atoms with E-state index in [0.29, 0.717) is 23.5 Å². The minimum absolute atomic E-state index is 0.0660. The SMILES string of the molecule is CCOc1cc(/C=C2\N=C(c3ccccc3OCC)OC2=O)ccc1OC(F)F. The third-order valence-corrected chi connectivity index (χ3v) is 3.82. The summed E-state index contributed by atoms with van der Waals surface area (Å²) in [4.78, 5) is 16.5. The molecule has 152 valence electrons. The first kappa shape index (κ1) is 20.3. The highest BCUT2D eigenvalue weighted by molar-refractivity contribution is 6.13. The van der Waals surface area contributed by atoms with Gasteiger partial charge in [0, 0.05) is 0 Å². The summed E-state index contributed by atoms with van der Waals surface area (Å²) >= 11 is 0. The van der Waals surface area contributed by atoms with Crippen LogP contribution in [0.1, 0.15) is 25.0 Å². The smallest absolute Gasteiger partial charge is 0.387 e. The molecule has 3 rings (SSSR count). The van der Waals surface area contributed by atoms with Crippen LogP contribution in [0.2, 0.25) is 0 Å². The van der Waals surface area contributed by atoms with Crippen molar-refractivity contribution in [1.82, 2.24) is 0 Å². The summed E-state index contributed by atoms with van der Waals surface area (Å²) in [5, 5.41) is 0. The molecule has 0 amide bonds. The summed E-state index contributed by atoms with van der Waals surface area (Å²) in [6, 6.07) is 11.4. The number of aliphatic imine (C=N–C) groups is 1. The summed E-state index contributed by atoms with van der Waals surface area (Å²) < 4.78 is 45.7. The predicted octanol–water partition coefficient (Wildman–Crippen LogP) is 4.43. The van der Waals surface area contributed by atoms with Gasteiger partial charge in [0.05, 0.1) is 18.8 Å². The van der Waals surface area contributed by atoms with E-state index < -0.39 is 12.6 Å². The monoisotopic (exact) mass is 403 g/mol. The zero-order valence-corrected chi connectivity index (χ0v) is 15.9. The third-order valence-electron chi connectivity index (χ3n) is 3.82. The Morgan fingerprint density at radius 1 is 1.03 bits per heavy atom. The molecule has 0 unspecified atom stereocenters. The maximum absolute atomic E-state index is 12.5. The number of nitrogens with zero attached hydrogens (tertiary/aromatic N) is 1. The number of rotatable bonds is 8. The van der Waals surface area contributed by atoms with Crippen LogP contribution in [0, 0.1) is 0 Å². The van der Waals surface area contributed by atoms with Crippen LogP contribution < -0.4 is 14.2 Å². The van der Waals surface area contributed by atoms with Gasteiger partial charge in [-0.15, -0.1) is 0 Å². The minimum Gasteiger partial charge on any atom is -0.493 e. The highest BCUT2D eigenvalue weighted by atomic mass is 19.3. The third kappa shape index (κ3) is 4.90. The number of ether oxygens (including phenoxy) is 4. The van der Waals surface area contributed by atoms with Gasteiger partial charge in [0.15, 0.2) is 17.2 Å². The van der Waals surface area contributed by atoms with Crippen LogP contribution >= 0.6 is 0 Å². The first-order valence-electron chi connectivity index (χ1n) is 8.98. The van der Waals surface area contributed by atoms with Crippen molar-refractivity contribution in [2.45, 2.75) is 20.5 Å². The molecule has 1 aliphatic rings. The zero-order valence-electron chi connectivity index (χ0n) is 15.9. The van der Waals surface area contributed by atoms with Crippen molar-refractivity contribution in [1.29, 1.82) is 0 Å². The predicted molar refractivity (Wildman–Crippen MR) is 102 cm³/mol. The van der Waals surface area contributed by atoms with Gasteiger partial charge in [0.2, 0.25) is 5.90 Å². The van der Waals surface area contributed by atoms with E-state index in [0.717, 1.165) is 0 Å². The Kier molecular flexibility index (Phi) is 6.43. The van der Waals surface area contributed by atoms with E-state index in [1.165, 1.54) is 24.3 Å². The Bertz CT molecular complexity index is 956. The van der Waals surface area contributed by atoms with Gasteiger partial charge in [-0.3, -0.25) is 0 Å². The molecule has 0 saturated carbocycles. The highest BCUT2D eigenvalue weighted by Gasteiger charge is 2.26. The average molecular weight is 403 g/mol. The number of hydrogen-bond donors (Lipinski definition) is 0. The van der Waals surface area contributed by atoms with E-state index in [9.17, 15) is 13.6 Å². The summed E-state index contributed by atoms with van der Waals surface area (Å²) in [5.41, 5.74) is 1.14. The van der Waals surface area contributed by atoms with Crippen molar-refractivity contribution in [2.75, 3.05) is 13.2 Å². The topological polar surface area (TPSA) is 66.3 Å². The lowest BCUT2D eigenvalue weighted by Gasteiger charge is -2.11. The van der Waals surface area contributed by atoms with Gasteiger partial charge in [0.1, 0.15) is 5.75 Å². The van der Waals surface area contributed by atoms with Gasteiger partial charge in [-0.25, -0.2) is 9.79 Å². The zero-order chi connectivity index (χ0) is 20.8. The molecule has 2 aromatic rings. The van der Waals surface area contributed by atoms with Gasteiger partial charge >= 0.3 is 12.6 Å². The molecule has 0 saturated heterocycles. The van der Waals surface area contributed by atoms with E-state index in [1.54, 1.807) is 31.2 Å². The first-order chi connectivity index (χ1) is 14.0. The first-order valence-corrected chi connectivity index (χ1v) is 8.98. The number of benzene rings is 2. The van der Waals surface area contributed by atoms with Gasteiger partial charge in [-0.2, -0.15) is 8.78 Å². The number of alkyl halides is 2. The molecular formula is C21H19F2NO5. The molecular weight excluding hydrogens is 384 g/mol.